The Labute approximate surface area is 218 Å². The molecule has 1 atom stereocenters. The highest BCUT2D eigenvalue weighted by atomic mass is 32.1. The molecule has 8 heteroatoms. The number of ether oxygens (including phenoxy) is 2. The van der Waals surface area contributed by atoms with Gasteiger partial charge < -0.3 is 24.6 Å². The van der Waals surface area contributed by atoms with Crippen molar-refractivity contribution in [3.63, 3.8) is 0 Å². The van der Waals surface area contributed by atoms with Crippen molar-refractivity contribution in [2.45, 2.75) is 64.6 Å². The van der Waals surface area contributed by atoms with Gasteiger partial charge >= 0.3 is 6.09 Å². The van der Waals surface area contributed by atoms with Crippen LogP contribution in [0.5, 0.6) is 5.75 Å². The number of piperidine rings is 1. The van der Waals surface area contributed by atoms with E-state index in [9.17, 15) is 9.59 Å². The van der Waals surface area contributed by atoms with E-state index in [1.54, 1.807) is 18.4 Å². The molecule has 4 rings (SSSR count). The van der Waals surface area contributed by atoms with Gasteiger partial charge in [-0.2, -0.15) is 0 Å². The Hall–Kier alpha value is -2.58. The van der Waals surface area contributed by atoms with Crippen LogP contribution in [0.25, 0.3) is 0 Å². The first-order chi connectivity index (χ1) is 17.2. The molecule has 196 valence electrons. The zero-order valence-electron chi connectivity index (χ0n) is 21.9. The third-order valence-corrected chi connectivity index (χ3v) is 8.24. The van der Waals surface area contributed by atoms with E-state index in [1.807, 2.05) is 61.4 Å². The molecular formula is C28H39N3O4S. The molecule has 2 fully saturated rings. The van der Waals surface area contributed by atoms with E-state index < -0.39 is 5.60 Å². The smallest absolute Gasteiger partial charge is 0.408 e. The predicted molar refractivity (Wildman–Crippen MR) is 142 cm³/mol. The van der Waals surface area contributed by atoms with Crippen LogP contribution in [-0.4, -0.2) is 60.7 Å². The second kappa shape index (κ2) is 11.2. The lowest BCUT2D eigenvalue weighted by atomic mass is 9.77. The number of rotatable bonds is 8. The summed E-state index contributed by atoms with van der Waals surface area (Å²) >= 11 is 1.65. The topological polar surface area (TPSA) is 71.1 Å². The van der Waals surface area contributed by atoms with Crippen LogP contribution in [0.2, 0.25) is 0 Å². The molecule has 2 amide bonds. The van der Waals surface area contributed by atoms with Gasteiger partial charge in [0, 0.05) is 24.5 Å². The van der Waals surface area contributed by atoms with E-state index >= 15 is 0 Å². The van der Waals surface area contributed by atoms with Crippen molar-refractivity contribution in [3.05, 3.63) is 52.2 Å². The van der Waals surface area contributed by atoms with Crippen LogP contribution < -0.4 is 10.1 Å². The molecule has 1 aromatic carbocycles. The number of hydrogen-bond acceptors (Lipinski definition) is 6. The number of amides is 2. The Morgan fingerprint density at radius 1 is 1.11 bits per heavy atom. The molecule has 2 saturated heterocycles. The van der Waals surface area contributed by atoms with E-state index in [2.05, 4.69) is 16.3 Å². The quantitative estimate of drug-likeness (QED) is 0.524. The number of likely N-dealkylation sites (tertiary alicyclic amines) is 2. The SMILES string of the molecule is COc1ccc(CN2CCC3(CCN(CCC(NC(=O)OC(C)(C)C)c4cccs4)CC3)C2=O)cc1. The largest absolute Gasteiger partial charge is 0.497 e. The summed E-state index contributed by atoms with van der Waals surface area (Å²) in [6.45, 7) is 9.80. The molecule has 3 heterocycles. The molecule has 1 aromatic heterocycles. The number of carbonyl (C=O) groups is 2. The number of alkyl carbamates (subject to hydrolysis) is 1. The Balaban J connectivity index is 1.28. The van der Waals surface area contributed by atoms with Crippen molar-refractivity contribution in [2.75, 3.05) is 33.3 Å². The standard InChI is InChI=1S/C28H39N3O4S/c1-27(2,3)35-26(33)29-23(24-6-5-19-36-24)11-15-30-16-12-28(13-17-30)14-18-31(25(28)32)20-21-7-9-22(34-4)10-8-21/h5-10,19,23H,11-18,20H2,1-4H3,(H,29,33). The Bertz CT molecular complexity index is 1010. The lowest BCUT2D eigenvalue weighted by Crippen LogP contribution is -2.45. The maximum Gasteiger partial charge on any atom is 0.408 e. The average Bonchev–Trinajstić information content (AvgIpc) is 3.48. The van der Waals surface area contributed by atoms with Crippen LogP contribution in [0.1, 0.15) is 62.9 Å². The first kappa shape index (κ1) is 26.5. The van der Waals surface area contributed by atoms with Gasteiger partial charge in [-0.1, -0.05) is 18.2 Å². The number of thiophene rings is 1. The molecule has 1 spiro atoms. The molecule has 0 radical (unpaired) electrons. The van der Waals surface area contributed by atoms with Crippen molar-refractivity contribution in [3.8, 4) is 5.75 Å². The van der Waals surface area contributed by atoms with Gasteiger partial charge in [0.15, 0.2) is 0 Å². The summed E-state index contributed by atoms with van der Waals surface area (Å²) in [5.74, 6) is 1.14. The van der Waals surface area contributed by atoms with Crippen molar-refractivity contribution < 1.29 is 19.1 Å². The maximum atomic E-state index is 13.4. The average molecular weight is 514 g/mol. The van der Waals surface area contributed by atoms with Gasteiger partial charge in [-0.05, 0) is 88.7 Å². The molecule has 0 aliphatic carbocycles. The molecule has 0 bridgehead atoms. The molecule has 2 aliphatic rings. The summed E-state index contributed by atoms with van der Waals surface area (Å²) in [7, 11) is 1.66. The Morgan fingerprint density at radius 3 is 2.42 bits per heavy atom. The number of hydrogen-bond donors (Lipinski definition) is 1. The lowest BCUT2D eigenvalue weighted by Gasteiger charge is -2.38. The van der Waals surface area contributed by atoms with E-state index in [-0.39, 0.29) is 17.6 Å². The molecule has 1 N–H and O–H groups in total. The molecule has 7 nitrogen and oxygen atoms in total. The number of nitrogens with one attached hydrogen (secondary N) is 1. The summed E-state index contributed by atoms with van der Waals surface area (Å²) < 4.78 is 10.7. The van der Waals surface area contributed by atoms with Crippen LogP contribution >= 0.6 is 11.3 Å². The van der Waals surface area contributed by atoms with Crippen molar-refractivity contribution in [2.24, 2.45) is 5.41 Å². The fourth-order valence-electron chi connectivity index (χ4n) is 5.20. The first-order valence-corrected chi connectivity index (χ1v) is 13.7. The zero-order valence-corrected chi connectivity index (χ0v) is 22.7. The van der Waals surface area contributed by atoms with Crippen molar-refractivity contribution in [1.82, 2.24) is 15.1 Å². The fourth-order valence-corrected chi connectivity index (χ4v) is 6.01. The van der Waals surface area contributed by atoms with Crippen LogP contribution in [0.3, 0.4) is 0 Å². The minimum atomic E-state index is -0.527. The summed E-state index contributed by atoms with van der Waals surface area (Å²) in [5.41, 5.74) is 0.390. The zero-order chi connectivity index (χ0) is 25.8. The molecule has 0 saturated carbocycles. The maximum absolute atomic E-state index is 13.4. The monoisotopic (exact) mass is 513 g/mol. The second-order valence-corrected chi connectivity index (χ2v) is 11.9. The van der Waals surface area contributed by atoms with E-state index in [0.29, 0.717) is 12.5 Å². The third-order valence-electron chi connectivity index (χ3n) is 7.26. The Morgan fingerprint density at radius 2 is 1.81 bits per heavy atom. The molecular weight excluding hydrogens is 474 g/mol. The fraction of sp³-hybridized carbons (Fsp3) is 0.571. The molecule has 2 aliphatic heterocycles. The third kappa shape index (κ3) is 6.59. The summed E-state index contributed by atoms with van der Waals surface area (Å²) in [5, 5.41) is 5.10. The highest BCUT2D eigenvalue weighted by Crippen LogP contribution is 2.42. The molecule has 1 unspecified atom stereocenters. The van der Waals surface area contributed by atoms with Gasteiger partial charge in [-0.3, -0.25) is 4.79 Å². The summed E-state index contributed by atoms with van der Waals surface area (Å²) in [4.78, 5) is 31.4. The summed E-state index contributed by atoms with van der Waals surface area (Å²) in [6, 6.07) is 12.0. The van der Waals surface area contributed by atoms with Gasteiger partial charge in [0.25, 0.3) is 0 Å². The van der Waals surface area contributed by atoms with Crippen LogP contribution in [0.15, 0.2) is 41.8 Å². The number of methoxy groups -OCH3 is 1. The van der Waals surface area contributed by atoms with Crippen LogP contribution in [0.4, 0.5) is 4.79 Å². The van der Waals surface area contributed by atoms with Gasteiger partial charge in [0.1, 0.15) is 11.4 Å². The number of carbonyl (C=O) groups excluding carboxylic acids is 2. The Kier molecular flexibility index (Phi) is 8.25. The summed E-state index contributed by atoms with van der Waals surface area (Å²) in [6.07, 6.45) is 3.16. The second-order valence-electron chi connectivity index (χ2n) is 10.9. The normalized spacial score (nSPS) is 18.9. The number of benzene rings is 1. The molecule has 2 aromatic rings. The van der Waals surface area contributed by atoms with E-state index in [4.69, 9.17) is 9.47 Å². The lowest BCUT2D eigenvalue weighted by molar-refractivity contribution is -0.138. The van der Waals surface area contributed by atoms with Crippen molar-refractivity contribution >= 4 is 23.3 Å². The highest BCUT2D eigenvalue weighted by Gasteiger charge is 2.47. The van der Waals surface area contributed by atoms with Crippen molar-refractivity contribution in [1.29, 1.82) is 0 Å². The van der Waals surface area contributed by atoms with Crippen LogP contribution in [-0.2, 0) is 16.1 Å². The van der Waals surface area contributed by atoms with Gasteiger partial charge in [0.05, 0.1) is 18.6 Å². The van der Waals surface area contributed by atoms with E-state index in [1.165, 1.54) is 0 Å². The van der Waals surface area contributed by atoms with E-state index in [0.717, 1.165) is 68.1 Å². The minimum Gasteiger partial charge on any atom is -0.497 e. The highest BCUT2D eigenvalue weighted by molar-refractivity contribution is 7.10. The van der Waals surface area contributed by atoms with Gasteiger partial charge in [-0.15, -0.1) is 11.3 Å². The van der Waals surface area contributed by atoms with Gasteiger partial charge in [-0.25, -0.2) is 4.79 Å². The minimum absolute atomic E-state index is 0.0798. The first-order valence-electron chi connectivity index (χ1n) is 12.8. The predicted octanol–water partition coefficient (Wildman–Crippen LogP) is 5.23. The van der Waals surface area contributed by atoms with Gasteiger partial charge in [0.2, 0.25) is 5.91 Å². The number of nitrogens with zero attached hydrogens (tertiary/aromatic N) is 2. The van der Waals surface area contributed by atoms with Crippen LogP contribution in [0, 0.1) is 5.41 Å². The molecule has 36 heavy (non-hydrogen) atoms.